The van der Waals surface area contributed by atoms with Crippen LogP contribution in [-0.4, -0.2) is 63.7 Å². The molecular weight excluding hydrogens is 450 g/mol. The molecule has 3 aromatic rings. The van der Waals surface area contributed by atoms with E-state index in [0.29, 0.717) is 10.6 Å². The minimum Gasteiger partial charge on any atom is -0.497 e. The van der Waals surface area contributed by atoms with Crippen LogP contribution in [0.3, 0.4) is 0 Å². The Labute approximate surface area is 203 Å². The number of nitrogens with zero attached hydrogens (tertiary/aromatic N) is 2. The van der Waals surface area contributed by atoms with E-state index in [0.717, 1.165) is 54.3 Å². The fourth-order valence-electron chi connectivity index (χ4n) is 4.04. The van der Waals surface area contributed by atoms with Gasteiger partial charge in [-0.1, -0.05) is 35.9 Å². The number of aryl methyl sites for hydroxylation is 1. The first-order valence-electron chi connectivity index (χ1n) is 11.2. The van der Waals surface area contributed by atoms with E-state index in [2.05, 4.69) is 21.2 Å². The number of amides is 1. The molecule has 1 saturated heterocycles. The van der Waals surface area contributed by atoms with Gasteiger partial charge < -0.3 is 19.7 Å². The van der Waals surface area contributed by atoms with Gasteiger partial charge in [0.05, 0.1) is 20.8 Å². The summed E-state index contributed by atoms with van der Waals surface area (Å²) in [4.78, 5) is 29.8. The van der Waals surface area contributed by atoms with Crippen molar-refractivity contribution in [2.24, 2.45) is 0 Å². The molecule has 0 saturated carbocycles. The number of carbonyl (C=O) groups excluding carboxylic acids is 2. The van der Waals surface area contributed by atoms with E-state index in [1.807, 2.05) is 54.8 Å². The Kier molecular flexibility index (Phi) is 7.49. The smallest absolute Gasteiger partial charge is 0.341 e. The summed E-state index contributed by atoms with van der Waals surface area (Å²) in [6.07, 6.45) is 0. The monoisotopic (exact) mass is 479 g/mol. The highest BCUT2D eigenvalue weighted by atomic mass is 32.1. The number of ether oxygens (including phenoxy) is 2. The first-order valence-corrected chi connectivity index (χ1v) is 12.0. The van der Waals surface area contributed by atoms with Crippen LogP contribution in [0.1, 0.15) is 15.9 Å². The van der Waals surface area contributed by atoms with Gasteiger partial charge in [-0.05, 0) is 24.6 Å². The zero-order valence-electron chi connectivity index (χ0n) is 19.7. The second-order valence-corrected chi connectivity index (χ2v) is 9.10. The van der Waals surface area contributed by atoms with Gasteiger partial charge in [0, 0.05) is 48.9 Å². The molecule has 7 nitrogen and oxygen atoms in total. The summed E-state index contributed by atoms with van der Waals surface area (Å²) < 4.78 is 10.3. The van der Waals surface area contributed by atoms with Crippen molar-refractivity contribution in [2.45, 2.75) is 6.92 Å². The van der Waals surface area contributed by atoms with Gasteiger partial charge in [-0.3, -0.25) is 9.69 Å². The highest BCUT2D eigenvalue weighted by molar-refractivity contribution is 7.15. The molecule has 0 unspecified atom stereocenters. The van der Waals surface area contributed by atoms with Gasteiger partial charge in [0.15, 0.2) is 0 Å². The summed E-state index contributed by atoms with van der Waals surface area (Å²) in [5, 5.41) is 5.34. The lowest BCUT2D eigenvalue weighted by Gasteiger charge is -2.35. The van der Waals surface area contributed by atoms with Gasteiger partial charge in [-0.25, -0.2) is 4.79 Å². The van der Waals surface area contributed by atoms with Crippen LogP contribution in [-0.2, 0) is 9.53 Å². The van der Waals surface area contributed by atoms with Crippen LogP contribution in [0.4, 0.5) is 10.7 Å². The lowest BCUT2D eigenvalue weighted by atomic mass is 10.0. The number of hydrogen-bond donors (Lipinski definition) is 1. The third-order valence-corrected chi connectivity index (χ3v) is 6.85. The van der Waals surface area contributed by atoms with Crippen molar-refractivity contribution in [1.29, 1.82) is 0 Å². The van der Waals surface area contributed by atoms with Gasteiger partial charge in [-0.2, -0.15) is 0 Å². The van der Waals surface area contributed by atoms with Crippen LogP contribution in [0.25, 0.3) is 11.1 Å². The molecule has 1 aliphatic heterocycles. The van der Waals surface area contributed by atoms with Crippen LogP contribution in [0.2, 0.25) is 0 Å². The van der Waals surface area contributed by atoms with E-state index < -0.39 is 5.97 Å². The molecule has 1 amide bonds. The van der Waals surface area contributed by atoms with Crippen LogP contribution in [0.15, 0.2) is 53.9 Å². The molecule has 1 aliphatic rings. The third-order valence-electron chi connectivity index (χ3n) is 5.95. The fraction of sp³-hybridized carbons (Fsp3) is 0.308. The molecule has 8 heteroatoms. The molecule has 1 N–H and O–H groups in total. The molecule has 0 spiro atoms. The number of hydrogen-bond acceptors (Lipinski definition) is 7. The number of nitrogens with one attached hydrogen (secondary N) is 1. The Balaban J connectivity index is 1.39. The molecule has 2 aromatic carbocycles. The molecule has 2 heterocycles. The lowest BCUT2D eigenvalue weighted by molar-refractivity contribution is -0.117. The molecule has 34 heavy (non-hydrogen) atoms. The second-order valence-electron chi connectivity index (χ2n) is 8.22. The lowest BCUT2D eigenvalue weighted by Crippen LogP contribution is -2.48. The first kappa shape index (κ1) is 23.8. The van der Waals surface area contributed by atoms with Crippen LogP contribution in [0, 0.1) is 6.92 Å². The predicted molar refractivity (Wildman–Crippen MR) is 136 cm³/mol. The summed E-state index contributed by atoms with van der Waals surface area (Å²) >= 11 is 1.34. The standard InChI is InChI=1S/C26H29N3O4S/c1-18-7-9-19(10-8-18)22-17-34-25(24(22)26(31)33-3)27-23(30)16-28-11-13-29(14-12-28)20-5-4-6-21(15-20)32-2/h4-10,15,17H,11-14,16H2,1-3H3,(H,27,30). The molecular formula is C26H29N3O4S. The van der Waals surface area contributed by atoms with E-state index in [1.165, 1.54) is 18.4 Å². The Morgan fingerprint density at radius 3 is 2.44 bits per heavy atom. The molecule has 0 bridgehead atoms. The zero-order chi connectivity index (χ0) is 24.1. The zero-order valence-corrected chi connectivity index (χ0v) is 20.5. The predicted octanol–water partition coefficient (Wildman–Crippen LogP) is 4.28. The average Bonchev–Trinajstić information content (AvgIpc) is 3.27. The first-order chi connectivity index (χ1) is 16.5. The summed E-state index contributed by atoms with van der Waals surface area (Å²) in [6, 6.07) is 15.9. The maximum absolute atomic E-state index is 12.8. The summed E-state index contributed by atoms with van der Waals surface area (Å²) in [5.74, 6) is 0.234. The number of benzene rings is 2. The Morgan fingerprint density at radius 2 is 1.76 bits per heavy atom. The molecule has 1 aromatic heterocycles. The van der Waals surface area contributed by atoms with Crippen LogP contribution >= 0.6 is 11.3 Å². The maximum Gasteiger partial charge on any atom is 0.341 e. The number of methoxy groups -OCH3 is 2. The van der Waals surface area contributed by atoms with Crippen molar-refractivity contribution in [3.8, 4) is 16.9 Å². The van der Waals surface area contributed by atoms with E-state index in [9.17, 15) is 9.59 Å². The van der Waals surface area contributed by atoms with Crippen LogP contribution < -0.4 is 15.0 Å². The largest absolute Gasteiger partial charge is 0.497 e. The van der Waals surface area contributed by atoms with Gasteiger partial charge >= 0.3 is 5.97 Å². The number of carbonyl (C=O) groups is 2. The Hall–Kier alpha value is -3.36. The second kappa shape index (κ2) is 10.7. The molecule has 178 valence electrons. The van der Waals surface area contributed by atoms with E-state index in [-0.39, 0.29) is 12.5 Å². The summed E-state index contributed by atoms with van der Waals surface area (Å²) in [7, 11) is 3.02. The Bertz CT molecular complexity index is 1150. The van der Waals surface area contributed by atoms with E-state index >= 15 is 0 Å². The maximum atomic E-state index is 12.8. The molecule has 0 aliphatic carbocycles. The minimum absolute atomic E-state index is 0.141. The molecule has 4 rings (SSSR count). The Morgan fingerprint density at radius 1 is 1.03 bits per heavy atom. The minimum atomic E-state index is -0.459. The molecule has 0 radical (unpaired) electrons. The van der Waals surface area contributed by atoms with Crippen molar-refractivity contribution in [3.05, 3.63) is 65.0 Å². The van der Waals surface area contributed by atoms with Gasteiger partial charge in [0.25, 0.3) is 0 Å². The fourth-order valence-corrected chi connectivity index (χ4v) is 5.01. The van der Waals surface area contributed by atoms with E-state index in [4.69, 9.17) is 9.47 Å². The van der Waals surface area contributed by atoms with Gasteiger partial charge in [-0.15, -0.1) is 11.3 Å². The number of anilines is 2. The third kappa shape index (κ3) is 5.40. The topological polar surface area (TPSA) is 71.1 Å². The van der Waals surface area contributed by atoms with Crippen molar-refractivity contribution in [3.63, 3.8) is 0 Å². The number of esters is 1. The molecule has 1 fully saturated rings. The number of thiophene rings is 1. The summed E-state index contributed by atoms with van der Waals surface area (Å²) in [6.45, 7) is 5.47. The average molecular weight is 480 g/mol. The summed E-state index contributed by atoms with van der Waals surface area (Å²) in [5.41, 5.74) is 4.33. The number of piperazine rings is 1. The SMILES string of the molecule is COC(=O)c1c(-c2ccc(C)cc2)csc1NC(=O)CN1CCN(c2cccc(OC)c2)CC1. The van der Waals surface area contributed by atoms with Crippen molar-refractivity contribution < 1.29 is 19.1 Å². The van der Waals surface area contributed by atoms with Crippen molar-refractivity contribution in [2.75, 3.05) is 57.2 Å². The normalized spacial score (nSPS) is 14.0. The van der Waals surface area contributed by atoms with E-state index in [1.54, 1.807) is 7.11 Å². The van der Waals surface area contributed by atoms with Gasteiger partial charge in [0.1, 0.15) is 16.3 Å². The van der Waals surface area contributed by atoms with Crippen molar-refractivity contribution >= 4 is 33.9 Å². The highest BCUT2D eigenvalue weighted by Crippen LogP contribution is 2.36. The molecule has 0 atom stereocenters. The van der Waals surface area contributed by atoms with Crippen molar-refractivity contribution in [1.82, 2.24) is 4.90 Å². The van der Waals surface area contributed by atoms with Crippen LogP contribution in [0.5, 0.6) is 5.75 Å². The highest BCUT2D eigenvalue weighted by Gasteiger charge is 2.24. The quantitative estimate of drug-likeness (QED) is 0.510. The van der Waals surface area contributed by atoms with Gasteiger partial charge in [0.2, 0.25) is 5.91 Å². The number of rotatable bonds is 7.